The fourth-order valence-electron chi connectivity index (χ4n) is 7.17. The van der Waals surface area contributed by atoms with Crippen LogP contribution in [-0.2, 0) is 21.2 Å². The van der Waals surface area contributed by atoms with E-state index in [4.69, 9.17) is 0 Å². The lowest BCUT2D eigenvalue weighted by atomic mass is 9.76. The molecule has 6 rings (SSSR count). The summed E-state index contributed by atoms with van der Waals surface area (Å²) in [6.07, 6.45) is 3.63. The molecule has 2 atom stereocenters. The first-order valence-corrected chi connectivity index (χ1v) is 16.9. The van der Waals surface area contributed by atoms with Crippen LogP contribution in [0.3, 0.4) is 0 Å². The topological polar surface area (TPSA) is 78.0 Å². The molecule has 3 aliphatic rings. The minimum absolute atomic E-state index is 0. The summed E-state index contributed by atoms with van der Waals surface area (Å²) >= 11 is 0. The van der Waals surface area contributed by atoms with Gasteiger partial charge in [-0.2, -0.15) is 0 Å². The van der Waals surface area contributed by atoms with E-state index in [2.05, 4.69) is 17.0 Å². The number of amides is 2. The van der Waals surface area contributed by atoms with Crippen LogP contribution in [0.4, 0.5) is 4.39 Å². The molecular formula is C34H39ClFN3O4S. The zero-order valence-electron chi connectivity index (χ0n) is 24.9. The van der Waals surface area contributed by atoms with Gasteiger partial charge in [0, 0.05) is 44.9 Å². The predicted octanol–water partition coefficient (Wildman–Crippen LogP) is 5.02. The number of likely N-dealkylation sites (tertiary alicyclic amines) is 3. The number of carbonyl (C=O) groups is 2. The predicted molar refractivity (Wildman–Crippen MR) is 170 cm³/mol. The van der Waals surface area contributed by atoms with Crippen molar-refractivity contribution < 1.29 is 22.4 Å². The van der Waals surface area contributed by atoms with Crippen molar-refractivity contribution in [2.75, 3.05) is 45.5 Å². The number of carbonyl (C=O) groups excluding carboxylic acids is 2. The van der Waals surface area contributed by atoms with Gasteiger partial charge in [-0.3, -0.25) is 9.59 Å². The number of nitrogens with zero attached hydrogens (tertiary/aromatic N) is 3. The fourth-order valence-corrected chi connectivity index (χ4v) is 7.80. The normalized spacial score (nSPS) is 21.9. The molecule has 3 aromatic rings. The van der Waals surface area contributed by atoms with Crippen LogP contribution in [0.1, 0.15) is 46.7 Å². The molecule has 1 spiro atoms. The average Bonchev–Trinajstić information content (AvgIpc) is 3.56. The van der Waals surface area contributed by atoms with Gasteiger partial charge in [0.25, 0.3) is 5.91 Å². The lowest BCUT2D eigenvalue weighted by Gasteiger charge is -2.39. The molecule has 0 bridgehead atoms. The van der Waals surface area contributed by atoms with Crippen molar-refractivity contribution in [3.63, 3.8) is 0 Å². The van der Waals surface area contributed by atoms with Gasteiger partial charge in [-0.15, -0.1) is 12.4 Å². The molecule has 0 aromatic heterocycles. The maximum Gasteiger partial charge on any atom is 0.256 e. The van der Waals surface area contributed by atoms with Crippen molar-refractivity contribution in [2.45, 2.75) is 36.6 Å². The third-order valence-electron chi connectivity index (χ3n) is 9.69. The highest BCUT2D eigenvalue weighted by Crippen LogP contribution is 2.43. The summed E-state index contributed by atoms with van der Waals surface area (Å²) in [5.74, 6) is -0.191. The van der Waals surface area contributed by atoms with Crippen LogP contribution in [0, 0.1) is 17.2 Å². The Hall–Kier alpha value is -3.27. The summed E-state index contributed by atoms with van der Waals surface area (Å²) in [5, 5.41) is 0. The van der Waals surface area contributed by atoms with Gasteiger partial charge in [-0.1, -0.05) is 54.6 Å². The number of rotatable bonds is 7. The molecule has 2 amide bonds. The molecule has 0 aliphatic carbocycles. The molecule has 234 valence electrons. The smallest absolute Gasteiger partial charge is 0.256 e. The monoisotopic (exact) mass is 639 g/mol. The van der Waals surface area contributed by atoms with Crippen LogP contribution >= 0.6 is 12.4 Å². The fraction of sp³-hybridized carbons (Fsp3) is 0.412. The zero-order valence-corrected chi connectivity index (χ0v) is 26.5. The maximum atomic E-state index is 14.5. The molecule has 44 heavy (non-hydrogen) atoms. The molecule has 0 radical (unpaired) electrons. The van der Waals surface area contributed by atoms with Gasteiger partial charge in [-0.25, -0.2) is 12.8 Å². The number of benzene rings is 3. The van der Waals surface area contributed by atoms with Gasteiger partial charge >= 0.3 is 0 Å². The van der Waals surface area contributed by atoms with E-state index < -0.39 is 15.7 Å². The summed E-state index contributed by atoms with van der Waals surface area (Å²) in [4.78, 5) is 33.4. The number of piperidine rings is 1. The Morgan fingerprint density at radius 3 is 2.18 bits per heavy atom. The van der Waals surface area contributed by atoms with Crippen LogP contribution in [0.5, 0.6) is 0 Å². The SMILES string of the molecule is CS(=O)(=O)c1ccc(CN2CCC3(CCN(CC4CN(C(=O)c5ccccc5F)CC4c4ccccc4)CC3)C2=O)cc1.Cl. The summed E-state index contributed by atoms with van der Waals surface area (Å²) in [7, 11) is -3.25. The van der Waals surface area contributed by atoms with E-state index in [0.29, 0.717) is 26.2 Å². The second-order valence-corrected chi connectivity index (χ2v) is 14.5. The van der Waals surface area contributed by atoms with E-state index in [1.807, 2.05) is 23.1 Å². The summed E-state index contributed by atoms with van der Waals surface area (Å²) in [6, 6.07) is 23.2. The van der Waals surface area contributed by atoms with Crippen molar-refractivity contribution in [2.24, 2.45) is 11.3 Å². The van der Waals surface area contributed by atoms with E-state index in [0.717, 1.165) is 44.5 Å². The zero-order chi connectivity index (χ0) is 30.2. The van der Waals surface area contributed by atoms with Gasteiger partial charge in [-0.05, 0) is 73.7 Å². The van der Waals surface area contributed by atoms with Crippen molar-refractivity contribution in [1.29, 1.82) is 0 Å². The van der Waals surface area contributed by atoms with Crippen molar-refractivity contribution >= 4 is 34.1 Å². The molecule has 7 nitrogen and oxygen atoms in total. The highest BCUT2D eigenvalue weighted by molar-refractivity contribution is 7.90. The van der Waals surface area contributed by atoms with Gasteiger partial charge in [0.15, 0.2) is 9.84 Å². The first kappa shape index (κ1) is 32.1. The van der Waals surface area contributed by atoms with Crippen molar-refractivity contribution in [3.05, 3.63) is 101 Å². The first-order chi connectivity index (χ1) is 20.6. The van der Waals surface area contributed by atoms with Crippen molar-refractivity contribution in [1.82, 2.24) is 14.7 Å². The van der Waals surface area contributed by atoms with E-state index in [-0.39, 0.29) is 51.9 Å². The van der Waals surface area contributed by atoms with E-state index >= 15 is 0 Å². The molecular weight excluding hydrogens is 601 g/mol. The minimum atomic E-state index is -3.25. The molecule has 3 saturated heterocycles. The summed E-state index contributed by atoms with van der Waals surface area (Å²) in [5.41, 5.74) is 1.89. The molecule has 0 N–H and O–H groups in total. The molecule has 10 heteroatoms. The van der Waals surface area contributed by atoms with Crippen molar-refractivity contribution in [3.8, 4) is 0 Å². The third kappa shape index (κ3) is 6.55. The number of hydrogen-bond acceptors (Lipinski definition) is 5. The third-order valence-corrected chi connectivity index (χ3v) is 10.8. The van der Waals surface area contributed by atoms with Crippen LogP contribution in [0.25, 0.3) is 0 Å². The quantitative estimate of drug-likeness (QED) is 0.363. The van der Waals surface area contributed by atoms with Gasteiger partial charge < -0.3 is 14.7 Å². The van der Waals surface area contributed by atoms with E-state index in [1.54, 1.807) is 47.4 Å². The molecule has 3 aliphatic heterocycles. The Bertz CT molecular complexity index is 1590. The number of sulfone groups is 1. The lowest BCUT2D eigenvalue weighted by molar-refractivity contribution is -0.139. The standard InChI is InChI=1S/C34H38FN3O4S.ClH/c1-43(41,42)28-13-11-25(12-14-28)21-37-20-17-34(33(37)40)15-18-36(19-16-34)22-27-23-38(24-30(27)26-7-3-2-4-8-26)32(39)29-9-5-6-10-31(29)35;/h2-14,27,30H,15-24H2,1H3;1H. The van der Waals surface area contributed by atoms with Gasteiger partial charge in [0.1, 0.15) is 5.82 Å². The van der Waals surface area contributed by atoms with Crippen LogP contribution < -0.4 is 0 Å². The second kappa shape index (κ2) is 13.0. The van der Waals surface area contributed by atoms with Crippen LogP contribution in [0.15, 0.2) is 83.8 Å². The summed E-state index contributed by atoms with van der Waals surface area (Å²) in [6.45, 7) is 4.78. The Morgan fingerprint density at radius 1 is 0.886 bits per heavy atom. The number of halogens is 2. The molecule has 3 heterocycles. The van der Waals surface area contributed by atoms with Gasteiger partial charge in [0.05, 0.1) is 15.9 Å². The minimum Gasteiger partial charge on any atom is -0.338 e. The van der Waals surface area contributed by atoms with Crippen LogP contribution in [0.2, 0.25) is 0 Å². The Kier molecular flexibility index (Phi) is 9.49. The van der Waals surface area contributed by atoms with Gasteiger partial charge in [0.2, 0.25) is 5.91 Å². The van der Waals surface area contributed by atoms with E-state index in [1.165, 1.54) is 17.9 Å². The Balaban J connectivity index is 0.00000384. The van der Waals surface area contributed by atoms with Crippen LogP contribution in [-0.4, -0.2) is 80.5 Å². The highest BCUT2D eigenvalue weighted by Gasteiger charge is 2.48. The Labute approximate surface area is 265 Å². The summed E-state index contributed by atoms with van der Waals surface area (Å²) < 4.78 is 38.0. The molecule has 2 unspecified atom stereocenters. The largest absolute Gasteiger partial charge is 0.338 e. The second-order valence-electron chi connectivity index (χ2n) is 12.4. The average molecular weight is 640 g/mol. The molecule has 0 saturated carbocycles. The highest BCUT2D eigenvalue weighted by atomic mass is 35.5. The molecule has 3 fully saturated rings. The first-order valence-electron chi connectivity index (χ1n) is 15.0. The van der Waals surface area contributed by atoms with E-state index in [9.17, 15) is 22.4 Å². The lowest BCUT2D eigenvalue weighted by Crippen LogP contribution is -2.46. The maximum absolute atomic E-state index is 14.5. The molecule has 3 aromatic carbocycles. The number of hydrogen-bond donors (Lipinski definition) is 0. The Morgan fingerprint density at radius 2 is 1.52 bits per heavy atom.